The Morgan fingerprint density at radius 3 is 2.62 bits per heavy atom. The van der Waals surface area contributed by atoms with Crippen LogP contribution >= 0.6 is 0 Å². The molecule has 1 atom stereocenters. The van der Waals surface area contributed by atoms with Crippen LogP contribution in [0.15, 0.2) is 11.1 Å². The van der Waals surface area contributed by atoms with E-state index in [1.807, 2.05) is 6.92 Å². The second-order valence-electron chi connectivity index (χ2n) is 3.68. The van der Waals surface area contributed by atoms with E-state index in [0.717, 1.165) is 6.42 Å². The van der Waals surface area contributed by atoms with Gasteiger partial charge in [-0.25, -0.2) is 4.79 Å². The van der Waals surface area contributed by atoms with Crippen molar-refractivity contribution in [3.8, 4) is 0 Å². The molecule has 0 spiro atoms. The average Bonchev–Trinajstić information content (AvgIpc) is 2.03. The molecule has 0 aliphatic heterocycles. The van der Waals surface area contributed by atoms with Gasteiger partial charge in [0.05, 0.1) is 0 Å². The van der Waals surface area contributed by atoms with Crippen LogP contribution in [0.1, 0.15) is 33.1 Å². The summed E-state index contributed by atoms with van der Waals surface area (Å²) in [6.07, 6.45) is 2.05. The molecule has 0 aromatic carbocycles. The third-order valence-corrected chi connectivity index (χ3v) is 2.53. The molecule has 3 heteroatoms. The smallest absolute Gasteiger partial charge is 0.331 e. The van der Waals surface area contributed by atoms with Crippen LogP contribution in [0, 0.1) is 5.92 Å². The van der Waals surface area contributed by atoms with Gasteiger partial charge in [-0.15, -0.1) is 0 Å². The van der Waals surface area contributed by atoms with Crippen molar-refractivity contribution in [2.24, 2.45) is 5.92 Å². The maximum absolute atomic E-state index is 11.4. The van der Waals surface area contributed by atoms with Crippen LogP contribution in [-0.4, -0.2) is 16.9 Å². The van der Waals surface area contributed by atoms with Crippen molar-refractivity contribution in [2.45, 2.75) is 33.1 Å². The lowest BCUT2D eigenvalue weighted by Gasteiger charge is -2.19. The number of carboxylic acid groups (broad SMARTS) is 1. The quantitative estimate of drug-likeness (QED) is 0.629. The van der Waals surface area contributed by atoms with E-state index in [1.54, 1.807) is 0 Å². The normalized spacial score (nSPS) is 27.2. The zero-order valence-electron chi connectivity index (χ0n) is 7.96. The molecule has 0 bridgehead atoms. The van der Waals surface area contributed by atoms with E-state index in [0.29, 0.717) is 24.3 Å². The van der Waals surface area contributed by atoms with E-state index >= 15 is 0 Å². The molecule has 3 nitrogen and oxygen atoms in total. The number of aliphatic carboxylic acids is 1. The minimum absolute atomic E-state index is 0.0126. The molecule has 1 N–H and O–H groups in total. The predicted octanol–water partition coefficient (Wildman–Crippen LogP) is 1.78. The number of carbonyl (C=O) groups is 2. The van der Waals surface area contributed by atoms with Crippen molar-refractivity contribution in [3.05, 3.63) is 11.1 Å². The number of hydrogen-bond acceptors (Lipinski definition) is 2. The summed E-state index contributed by atoms with van der Waals surface area (Å²) in [5, 5.41) is 8.71. The summed E-state index contributed by atoms with van der Waals surface area (Å²) < 4.78 is 0. The lowest BCUT2D eigenvalue weighted by atomic mass is 9.84. The lowest BCUT2D eigenvalue weighted by molar-refractivity contribution is -0.133. The Morgan fingerprint density at radius 2 is 2.15 bits per heavy atom. The van der Waals surface area contributed by atoms with Crippen molar-refractivity contribution < 1.29 is 14.7 Å². The maximum Gasteiger partial charge on any atom is 0.331 e. The topological polar surface area (TPSA) is 54.4 Å². The van der Waals surface area contributed by atoms with Crippen LogP contribution in [0.4, 0.5) is 0 Å². The Labute approximate surface area is 77.4 Å². The number of allylic oxidation sites excluding steroid dienone is 1. The first-order chi connectivity index (χ1) is 6.02. The number of carbonyl (C=O) groups excluding carboxylic acids is 1. The van der Waals surface area contributed by atoms with Crippen LogP contribution < -0.4 is 0 Å². The summed E-state index contributed by atoms with van der Waals surface area (Å²) in [7, 11) is 0. The average molecular weight is 182 g/mol. The van der Waals surface area contributed by atoms with Crippen LogP contribution in [0.5, 0.6) is 0 Å². The first-order valence-electron chi connectivity index (χ1n) is 4.48. The Bertz CT molecular complexity index is 276. The van der Waals surface area contributed by atoms with E-state index in [2.05, 4.69) is 0 Å². The summed E-state index contributed by atoms with van der Waals surface area (Å²) in [5.41, 5.74) is 0.738. The van der Waals surface area contributed by atoms with Crippen molar-refractivity contribution in [1.82, 2.24) is 0 Å². The Hall–Kier alpha value is -1.12. The largest absolute Gasteiger partial charge is 0.478 e. The molecule has 1 rings (SSSR count). The molecule has 13 heavy (non-hydrogen) atoms. The third-order valence-electron chi connectivity index (χ3n) is 2.53. The highest BCUT2D eigenvalue weighted by Gasteiger charge is 2.23. The minimum atomic E-state index is -0.974. The summed E-state index contributed by atoms with van der Waals surface area (Å²) in [6.45, 7) is 3.52. The molecule has 1 saturated carbocycles. The molecule has 1 aliphatic carbocycles. The van der Waals surface area contributed by atoms with Crippen LogP contribution in [0.25, 0.3) is 0 Å². The summed E-state index contributed by atoms with van der Waals surface area (Å²) in [6, 6.07) is 0. The number of carboxylic acids is 1. The van der Waals surface area contributed by atoms with Gasteiger partial charge in [-0.1, -0.05) is 6.92 Å². The van der Waals surface area contributed by atoms with Crippen molar-refractivity contribution in [3.63, 3.8) is 0 Å². The summed E-state index contributed by atoms with van der Waals surface area (Å²) >= 11 is 0. The van der Waals surface area contributed by atoms with E-state index in [9.17, 15) is 9.59 Å². The molecule has 0 saturated heterocycles. The highest BCUT2D eigenvalue weighted by molar-refractivity contribution is 6.03. The second kappa shape index (κ2) is 3.73. The van der Waals surface area contributed by atoms with E-state index in [4.69, 9.17) is 5.11 Å². The van der Waals surface area contributed by atoms with E-state index < -0.39 is 5.97 Å². The Balaban J connectivity index is 2.88. The predicted molar refractivity (Wildman–Crippen MR) is 48.4 cm³/mol. The molecular formula is C10H14O3. The molecule has 0 amide bonds. The van der Waals surface area contributed by atoms with Gasteiger partial charge in [0.25, 0.3) is 0 Å². The molecule has 1 fully saturated rings. The molecule has 0 aromatic heterocycles. The van der Waals surface area contributed by atoms with Gasteiger partial charge >= 0.3 is 5.97 Å². The SMILES string of the molecule is C/C(C(=O)O)=C1\CCC(C)CC1=O. The minimum Gasteiger partial charge on any atom is -0.478 e. The van der Waals surface area contributed by atoms with Gasteiger partial charge in [-0.2, -0.15) is 0 Å². The van der Waals surface area contributed by atoms with Gasteiger partial charge in [0.2, 0.25) is 0 Å². The number of rotatable bonds is 1. The fourth-order valence-corrected chi connectivity index (χ4v) is 1.60. The standard InChI is InChI=1S/C10H14O3/c1-6-3-4-8(9(11)5-6)7(2)10(12)13/h6H,3-5H2,1-2H3,(H,12,13)/b8-7-. The van der Waals surface area contributed by atoms with Gasteiger partial charge in [0.1, 0.15) is 0 Å². The van der Waals surface area contributed by atoms with Gasteiger partial charge in [-0.05, 0) is 25.7 Å². The fourth-order valence-electron chi connectivity index (χ4n) is 1.60. The van der Waals surface area contributed by atoms with E-state index in [1.165, 1.54) is 6.92 Å². The van der Waals surface area contributed by atoms with Gasteiger partial charge in [-0.3, -0.25) is 4.79 Å². The zero-order chi connectivity index (χ0) is 10.0. The molecule has 0 radical (unpaired) electrons. The summed E-state index contributed by atoms with van der Waals surface area (Å²) in [4.78, 5) is 22.0. The summed E-state index contributed by atoms with van der Waals surface area (Å²) in [5.74, 6) is -0.561. The fraction of sp³-hybridized carbons (Fsp3) is 0.600. The van der Waals surface area contributed by atoms with Crippen molar-refractivity contribution in [1.29, 1.82) is 0 Å². The van der Waals surface area contributed by atoms with Crippen molar-refractivity contribution >= 4 is 11.8 Å². The van der Waals surface area contributed by atoms with E-state index in [-0.39, 0.29) is 11.4 Å². The molecule has 1 aliphatic rings. The maximum atomic E-state index is 11.4. The highest BCUT2D eigenvalue weighted by Crippen LogP contribution is 2.27. The molecular weight excluding hydrogens is 168 g/mol. The highest BCUT2D eigenvalue weighted by atomic mass is 16.4. The monoisotopic (exact) mass is 182 g/mol. The number of Topliss-reactive ketones (excluding diaryl/α,β-unsaturated/α-hetero) is 1. The van der Waals surface area contributed by atoms with Crippen molar-refractivity contribution in [2.75, 3.05) is 0 Å². The van der Waals surface area contributed by atoms with Gasteiger partial charge in [0.15, 0.2) is 5.78 Å². The van der Waals surface area contributed by atoms with Gasteiger partial charge in [0, 0.05) is 17.6 Å². The lowest BCUT2D eigenvalue weighted by Crippen LogP contribution is -2.18. The first-order valence-corrected chi connectivity index (χ1v) is 4.48. The van der Waals surface area contributed by atoms with Crippen LogP contribution in [-0.2, 0) is 9.59 Å². The Morgan fingerprint density at radius 1 is 1.54 bits per heavy atom. The first kappa shape index (κ1) is 9.96. The number of ketones is 1. The molecule has 0 aromatic rings. The molecule has 0 heterocycles. The second-order valence-corrected chi connectivity index (χ2v) is 3.68. The zero-order valence-corrected chi connectivity index (χ0v) is 7.96. The molecule has 72 valence electrons. The van der Waals surface area contributed by atoms with Gasteiger partial charge < -0.3 is 5.11 Å². The van der Waals surface area contributed by atoms with Crippen LogP contribution in [0.3, 0.4) is 0 Å². The third kappa shape index (κ3) is 2.17. The number of hydrogen-bond donors (Lipinski definition) is 1. The molecule has 1 unspecified atom stereocenters. The van der Waals surface area contributed by atoms with Crippen LogP contribution in [0.2, 0.25) is 0 Å². The Kier molecular flexibility index (Phi) is 2.86.